The Labute approximate surface area is 233 Å². The number of ether oxygens (including phenoxy) is 1. The number of nitrogens with one attached hydrogen (secondary N) is 1. The molecule has 1 N–H and O–H groups in total. The highest BCUT2D eigenvalue weighted by molar-refractivity contribution is 9.10. The molecule has 0 saturated heterocycles. The van der Waals surface area contributed by atoms with Crippen molar-refractivity contribution in [3.8, 4) is 16.3 Å². The first-order valence-corrected chi connectivity index (χ1v) is 13.6. The van der Waals surface area contributed by atoms with Crippen LogP contribution in [0.4, 0.5) is 8.78 Å². The molecule has 4 heterocycles. The number of carbonyl (C=O) groups is 3. The Morgan fingerprint density at radius 1 is 1.08 bits per heavy atom. The minimum atomic E-state index is -1.03. The van der Waals surface area contributed by atoms with Crippen LogP contribution in [0.25, 0.3) is 11.3 Å². The summed E-state index contributed by atoms with van der Waals surface area (Å²) >= 11 is 4.67. The van der Waals surface area contributed by atoms with Crippen LogP contribution >= 0.6 is 27.3 Å². The fourth-order valence-electron chi connectivity index (χ4n) is 4.78. The molecule has 8 nitrogen and oxygen atoms in total. The zero-order chi connectivity index (χ0) is 27.3. The largest absolute Gasteiger partial charge is 0.481 e. The molecule has 2 aliphatic rings. The first-order chi connectivity index (χ1) is 18.8. The number of nitrogens with zero attached hydrogens (tertiary/aromatic N) is 3. The van der Waals surface area contributed by atoms with Crippen molar-refractivity contribution in [3.63, 3.8) is 0 Å². The molecule has 12 heteroatoms. The topological polar surface area (TPSA) is 93.5 Å². The molecule has 1 atom stereocenters. The number of thiophene rings is 1. The minimum Gasteiger partial charge on any atom is -0.481 e. The molecule has 4 aromatic rings. The number of fused-ring (bicyclic) bond motifs is 4. The number of hydrogen-bond acceptors (Lipinski definition) is 6. The van der Waals surface area contributed by atoms with Crippen LogP contribution in [0.1, 0.15) is 36.0 Å². The molecular formula is C27H19BrF2N4O4S. The summed E-state index contributed by atoms with van der Waals surface area (Å²) in [6.07, 6.45) is 1.73. The third-order valence-corrected chi connectivity index (χ3v) is 8.22. The normalized spacial score (nSPS) is 14.8. The Bertz CT molecular complexity index is 1620. The molecule has 0 bridgehead atoms. The lowest BCUT2D eigenvalue weighted by Gasteiger charge is -2.24. The van der Waals surface area contributed by atoms with E-state index in [9.17, 15) is 23.2 Å². The van der Waals surface area contributed by atoms with Crippen molar-refractivity contribution in [1.82, 2.24) is 20.0 Å². The van der Waals surface area contributed by atoms with Crippen molar-refractivity contribution in [2.45, 2.75) is 19.0 Å². The number of aromatic nitrogens is 2. The average Bonchev–Trinajstić information content (AvgIpc) is 3.53. The SMILES string of the molecule is O=C(NC(Cc1ccc(F)c(F)c1)CN1C(=O)c2ccccc2C1=O)c1cc2c(s1)OCCn1ncc(Br)c1-2. The summed E-state index contributed by atoms with van der Waals surface area (Å²) in [5.41, 5.74) is 2.46. The summed E-state index contributed by atoms with van der Waals surface area (Å²) in [6.45, 7) is 0.783. The van der Waals surface area contributed by atoms with Crippen LogP contribution in [0.2, 0.25) is 0 Å². The smallest absolute Gasteiger partial charge is 0.261 e. The Morgan fingerprint density at radius 3 is 2.54 bits per heavy atom. The Balaban J connectivity index is 1.29. The van der Waals surface area contributed by atoms with Crippen molar-refractivity contribution in [3.05, 3.63) is 92.4 Å². The molecule has 2 aromatic heterocycles. The molecule has 0 radical (unpaired) electrons. The third kappa shape index (κ3) is 4.63. The maximum atomic E-state index is 14.0. The first-order valence-electron chi connectivity index (χ1n) is 12.0. The van der Waals surface area contributed by atoms with Gasteiger partial charge in [0, 0.05) is 6.54 Å². The number of benzene rings is 2. The summed E-state index contributed by atoms with van der Waals surface area (Å²) in [6, 6.07) is 10.8. The predicted molar refractivity (Wildman–Crippen MR) is 142 cm³/mol. The summed E-state index contributed by atoms with van der Waals surface area (Å²) in [4.78, 5) is 40.8. The molecule has 2 aromatic carbocycles. The second-order valence-electron chi connectivity index (χ2n) is 9.11. The summed E-state index contributed by atoms with van der Waals surface area (Å²) in [5, 5.41) is 7.79. The standard InChI is InChI=1S/C27H19BrF2N4O4S/c28-19-12-31-34-7-8-38-27-18(23(19)34)11-22(39-27)24(35)32-15(9-14-5-6-20(29)21(30)10-14)13-33-25(36)16-3-1-2-4-17(16)26(33)37/h1-6,10-12,15H,7-9,13H2,(H,32,35). The second-order valence-corrected chi connectivity index (χ2v) is 11.0. The van der Waals surface area contributed by atoms with E-state index in [-0.39, 0.29) is 24.1 Å². The highest BCUT2D eigenvalue weighted by Gasteiger charge is 2.37. The van der Waals surface area contributed by atoms with E-state index in [4.69, 9.17) is 4.74 Å². The van der Waals surface area contributed by atoms with Crippen LogP contribution in [-0.2, 0) is 13.0 Å². The van der Waals surface area contributed by atoms with E-state index in [0.29, 0.717) is 34.2 Å². The number of imide groups is 1. The van der Waals surface area contributed by atoms with E-state index in [1.807, 2.05) is 0 Å². The van der Waals surface area contributed by atoms with Gasteiger partial charge in [0.15, 0.2) is 16.7 Å². The molecule has 2 aliphatic heterocycles. The number of hydrogen-bond donors (Lipinski definition) is 1. The summed E-state index contributed by atoms with van der Waals surface area (Å²) in [5.74, 6) is -3.43. The minimum absolute atomic E-state index is 0.0518. The van der Waals surface area contributed by atoms with E-state index in [1.165, 1.54) is 17.4 Å². The lowest BCUT2D eigenvalue weighted by Crippen LogP contribution is -2.46. The lowest BCUT2D eigenvalue weighted by atomic mass is 10.0. The van der Waals surface area contributed by atoms with Gasteiger partial charge in [0.2, 0.25) is 0 Å². The first kappa shape index (κ1) is 25.4. The highest BCUT2D eigenvalue weighted by atomic mass is 79.9. The van der Waals surface area contributed by atoms with Crippen LogP contribution in [0, 0.1) is 11.6 Å². The van der Waals surface area contributed by atoms with E-state index >= 15 is 0 Å². The third-order valence-electron chi connectivity index (χ3n) is 6.59. The van der Waals surface area contributed by atoms with Crippen LogP contribution in [0.5, 0.6) is 5.06 Å². The molecule has 0 aliphatic carbocycles. The zero-order valence-electron chi connectivity index (χ0n) is 20.1. The van der Waals surface area contributed by atoms with Gasteiger partial charge in [0.1, 0.15) is 6.61 Å². The maximum absolute atomic E-state index is 14.0. The van der Waals surface area contributed by atoms with Crippen molar-refractivity contribution >= 4 is 45.0 Å². The Kier molecular flexibility index (Phi) is 6.51. The number of carbonyl (C=O) groups excluding carboxylic acids is 3. The van der Waals surface area contributed by atoms with E-state index in [1.54, 1.807) is 41.2 Å². The molecule has 0 saturated carbocycles. The number of halogens is 3. The Hall–Kier alpha value is -3.90. The monoisotopic (exact) mass is 612 g/mol. The van der Waals surface area contributed by atoms with Gasteiger partial charge in [-0.3, -0.25) is 24.0 Å². The van der Waals surface area contributed by atoms with Crippen LogP contribution < -0.4 is 10.1 Å². The fraction of sp³-hybridized carbons (Fsp3) is 0.185. The van der Waals surface area contributed by atoms with Crippen LogP contribution in [-0.4, -0.2) is 51.6 Å². The fourth-order valence-corrected chi connectivity index (χ4v) is 6.22. The van der Waals surface area contributed by atoms with Gasteiger partial charge in [-0.2, -0.15) is 5.10 Å². The van der Waals surface area contributed by atoms with Gasteiger partial charge in [-0.05, 0) is 58.2 Å². The quantitative estimate of drug-likeness (QED) is 0.319. The number of rotatable bonds is 6. The van der Waals surface area contributed by atoms with Crippen molar-refractivity contribution < 1.29 is 27.9 Å². The maximum Gasteiger partial charge on any atom is 0.261 e. The van der Waals surface area contributed by atoms with Crippen molar-refractivity contribution in [1.29, 1.82) is 0 Å². The molecule has 39 heavy (non-hydrogen) atoms. The van der Waals surface area contributed by atoms with Crippen LogP contribution in [0.3, 0.4) is 0 Å². The van der Waals surface area contributed by atoms with Crippen molar-refractivity contribution in [2.75, 3.05) is 13.2 Å². The van der Waals surface area contributed by atoms with Gasteiger partial charge in [-0.1, -0.05) is 29.5 Å². The zero-order valence-corrected chi connectivity index (χ0v) is 22.5. The molecular weight excluding hydrogens is 594 g/mol. The van der Waals surface area contributed by atoms with Gasteiger partial charge in [0.05, 0.1) is 50.5 Å². The predicted octanol–water partition coefficient (Wildman–Crippen LogP) is 4.68. The lowest BCUT2D eigenvalue weighted by molar-refractivity contribution is 0.0629. The molecule has 0 spiro atoms. The van der Waals surface area contributed by atoms with Gasteiger partial charge in [-0.15, -0.1) is 0 Å². The molecule has 0 fully saturated rings. The summed E-state index contributed by atoms with van der Waals surface area (Å²) < 4.78 is 35.9. The molecule has 198 valence electrons. The van der Waals surface area contributed by atoms with Gasteiger partial charge >= 0.3 is 0 Å². The van der Waals surface area contributed by atoms with E-state index < -0.39 is 35.4 Å². The molecule has 6 rings (SSSR count). The summed E-state index contributed by atoms with van der Waals surface area (Å²) in [7, 11) is 0. The van der Waals surface area contributed by atoms with Crippen molar-refractivity contribution in [2.24, 2.45) is 0 Å². The number of amides is 3. The van der Waals surface area contributed by atoms with Gasteiger partial charge in [-0.25, -0.2) is 8.78 Å². The van der Waals surface area contributed by atoms with Gasteiger partial charge in [0.25, 0.3) is 17.7 Å². The Morgan fingerprint density at radius 2 is 1.82 bits per heavy atom. The average molecular weight is 613 g/mol. The second kappa shape index (κ2) is 10.0. The van der Waals surface area contributed by atoms with Crippen LogP contribution in [0.15, 0.2) is 59.2 Å². The highest BCUT2D eigenvalue weighted by Crippen LogP contribution is 2.42. The van der Waals surface area contributed by atoms with Gasteiger partial charge < -0.3 is 10.1 Å². The van der Waals surface area contributed by atoms with E-state index in [0.717, 1.165) is 27.2 Å². The molecule has 1 unspecified atom stereocenters. The van der Waals surface area contributed by atoms with E-state index in [2.05, 4.69) is 26.3 Å². The molecule has 3 amide bonds.